The van der Waals surface area contributed by atoms with Crippen LogP contribution in [0, 0.1) is 5.92 Å². The van der Waals surface area contributed by atoms with Crippen LogP contribution in [0.1, 0.15) is 24.8 Å². The lowest BCUT2D eigenvalue weighted by molar-refractivity contribution is -0.170. The van der Waals surface area contributed by atoms with Crippen molar-refractivity contribution in [2.24, 2.45) is 5.92 Å². The van der Waals surface area contributed by atoms with Gasteiger partial charge in [-0.1, -0.05) is 30.3 Å². The minimum absolute atomic E-state index is 0.0778. The maximum absolute atomic E-state index is 11.8. The van der Waals surface area contributed by atoms with Gasteiger partial charge in [0.2, 0.25) is 5.91 Å². The van der Waals surface area contributed by atoms with Gasteiger partial charge in [0.1, 0.15) is 0 Å². The van der Waals surface area contributed by atoms with Crippen molar-refractivity contribution in [3.63, 3.8) is 0 Å². The summed E-state index contributed by atoms with van der Waals surface area (Å²) in [7, 11) is 3.20. The van der Waals surface area contributed by atoms with Crippen molar-refractivity contribution in [2.75, 3.05) is 27.2 Å². The minimum atomic E-state index is 0.0778. The number of hydrogen-bond acceptors (Lipinski definition) is 3. The summed E-state index contributed by atoms with van der Waals surface area (Å²) in [5, 5.41) is 1.33. The van der Waals surface area contributed by atoms with Crippen LogP contribution in [-0.2, 0) is 16.2 Å². The van der Waals surface area contributed by atoms with Gasteiger partial charge < -0.3 is 0 Å². The highest BCUT2D eigenvalue weighted by Gasteiger charge is 2.22. The minimum Gasteiger partial charge on any atom is -0.299 e. The molecule has 0 bridgehead atoms. The van der Waals surface area contributed by atoms with Gasteiger partial charge in [-0.2, -0.15) is 0 Å². The Balaban J connectivity index is 1.74. The molecule has 1 amide bonds. The molecule has 0 spiro atoms. The summed E-state index contributed by atoms with van der Waals surface area (Å²) in [6, 6.07) is 10.6. The van der Waals surface area contributed by atoms with Crippen LogP contribution in [0.2, 0.25) is 0 Å². The molecule has 0 saturated carbocycles. The Kier molecular flexibility index (Phi) is 5.56. The van der Waals surface area contributed by atoms with E-state index < -0.39 is 0 Å². The summed E-state index contributed by atoms with van der Waals surface area (Å²) in [5.41, 5.74) is 1.36. The highest BCUT2D eigenvalue weighted by Crippen LogP contribution is 2.22. The molecule has 1 heterocycles. The third kappa shape index (κ3) is 4.32. The monoisotopic (exact) mass is 276 g/mol. The summed E-state index contributed by atoms with van der Waals surface area (Å²) in [6.07, 6.45) is 2.79. The van der Waals surface area contributed by atoms with Gasteiger partial charge in [0.25, 0.3) is 0 Å². The number of nitrogens with zero attached hydrogens (tertiary/aromatic N) is 2. The van der Waals surface area contributed by atoms with E-state index in [0.717, 1.165) is 32.5 Å². The van der Waals surface area contributed by atoms with Gasteiger partial charge in [0, 0.05) is 20.0 Å². The molecule has 0 atom stereocenters. The molecule has 0 N–H and O–H groups in total. The third-order valence-corrected chi connectivity index (χ3v) is 4.04. The SMILES string of the molecule is CON(C)C(=O)CC1CCN(Cc2ccccc2)CC1. The van der Waals surface area contributed by atoms with Gasteiger partial charge in [-0.3, -0.25) is 14.5 Å². The summed E-state index contributed by atoms with van der Waals surface area (Å²) in [5.74, 6) is 0.570. The van der Waals surface area contributed by atoms with Crippen LogP contribution in [0.25, 0.3) is 0 Å². The molecule has 1 aliphatic heterocycles. The second-order valence-corrected chi connectivity index (χ2v) is 5.48. The van der Waals surface area contributed by atoms with Gasteiger partial charge >= 0.3 is 0 Å². The fourth-order valence-corrected chi connectivity index (χ4v) is 2.67. The molecule has 2 rings (SSSR count). The normalized spacial score (nSPS) is 17.1. The molecule has 4 heteroatoms. The van der Waals surface area contributed by atoms with E-state index in [-0.39, 0.29) is 5.91 Å². The van der Waals surface area contributed by atoms with Crippen molar-refractivity contribution in [2.45, 2.75) is 25.8 Å². The van der Waals surface area contributed by atoms with Gasteiger partial charge in [-0.15, -0.1) is 0 Å². The van der Waals surface area contributed by atoms with Crippen LogP contribution in [0.15, 0.2) is 30.3 Å². The number of hydroxylamine groups is 2. The molecule has 0 unspecified atom stereocenters. The number of hydrogen-bond donors (Lipinski definition) is 0. The molecule has 1 saturated heterocycles. The maximum Gasteiger partial charge on any atom is 0.246 e. The number of piperidine rings is 1. The lowest BCUT2D eigenvalue weighted by Gasteiger charge is -2.32. The molecular weight excluding hydrogens is 252 g/mol. The number of carbonyl (C=O) groups is 1. The average Bonchev–Trinajstić information content (AvgIpc) is 2.49. The standard InChI is InChI=1S/C16H24N2O2/c1-17(20-2)16(19)12-14-8-10-18(11-9-14)13-15-6-4-3-5-7-15/h3-7,14H,8-13H2,1-2H3. The molecule has 4 nitrogen and oxygen atoms in total. The highest BCUT2D eigenvalue weighted by molar-refractivity contribution is 5.75. The summed E-state index contributed by atoms with van der Waals surface area (Å²) in [4.78, 5) is 19.2. The molecule has 0 radical (unpaired) electrons. The number of likely N-dealkylation sites (tertiary alicyclic amines) is 1. The maximum atomic E-state index is 11.8. The van der Waals surface area contributed by atoms with Crippen molar-refractivity contribution < 1.29 is 9.63 Å². The van der Waals surface area contributed by atoms with Crippen LogP contribution < -0.4 is 0 Å². The molecule has 110 valence electrons. The van der Waals surface area contributed by atoms with Gasteiger partial charge in [0.15, 0.2) is 0 Å². The predicted octanol–water partition coefficient (Wildman–Crippen LogP) is 2.31. The molecular formula is C16H24N2O2. The number of benzene rings is 1. The zero-order valence-corrected chi connectivity index (χ0v) is 12.4. The zero-order valence-electron chi connectivity index (χ0n) is 12.4. The van der Waals surface area contributed by atoms with E-state index >= 15 is 0 Å². The third-order valence-electron chi connectivity index (χ3n) is 4.04. The largest absolute Gasteiger partial charge is 0.299 e. The Bertz CT molecular complexity index is 414. The highest BCUT2D eigenvalue weighted by atomic mass is 16.7. The smallest absolute Gasteiger partial charge is 0.246 e. The number of carbonyl (C=O) groups excluding carboxylic acids is 1. The van der Waals surface area contributed by atoms with Crippen molar-refractivity contribution >= 4 is 5.91 Å². The van der Waals surface area contributed by atoms with E-state index in [1.165, 1.54) is 17.7 Å². The summed E-state index contributed by atoms with van der Waals surface area (Å²) < 4.78 is 0. The lowest BCUT2D eigenvalue weighted by atomic mass is 9.93. The second-order valence-electron chi connectivity index (χ2n) is 5.48. The molecule has 1 fully saturated rings. The Morgan fingerprint density at radius 3 is 2.55 bits per heavy atom. The Labute approximate surface area is 121 Å². The first-order valence-electron chi connectivity index (χ1n) is 7.26. The molecule has 0 aromatic heterocycles. The lowest BCUT2D eigenvalue weighted by Crippen LogP contribution is -2.35. The molecule has 1 aromatic carbocycles. The van der Waals surface area contributed by atoms with Crippen LogP contribution in [-0.4, -0.2) is 43.1 Å². The molecule has 1 aliphatic rings. The fraction of sp³-hybridized carbons (Fsp3) is 0.562. The van der Waals surface area contributed by atoms with Crippen molar-refractivity contribution in [1.82, 2.24) is 9.96 Å². The first-order valence-corrected chi connectivity index (χ1v) is 7.26. The summed E-state index contributed by atoms with van der Waals surface area (Å²) >= 11 is 0. The number of amides is 1. The zero-order chi connectivity index (χ0) is 14.4. The van der Waals surface area contributed by atoms with E-state index in [4.69, 9.17) is 4.84 Å². The Morgan fingerprint density at radius 1 is 1.30 bits per heavy atom. The average molecular weight is 276 g/mol. The topological polar surface area (TPSA) is 32.8 Å². The van der Waals surface area contributed by atoms with E-state index in [9.17, 15) is 4.79 Å². The fourth-order valence-electron chi connectivity index (χ4n) is 2.67. The van der Waals surface area contributed by atoms with E-state index in [1.54, 1.807) is 7.05 Å². The summed E-state index contributed by atoms with van der Waals surface area (Å²) in [6.45, 7) is 3.16. The Hall–Kier alpha value is -1.39. The van der Waals surface area contributed by atoms with E-state index in [0.29, 0.717) is 12.3 Å². The van der Waals surface area contributed by atoms with E-state index in [2.05, 4.69) is 29.2 Å². The van der Waals surface area contributed by atoms with Crippen molar-refractivity contribution in [1.29, 1.82) is 0 Å². The quantitative estimate of drug-likeness (QED) is 0.774. The first kappa shape index (κ1) is 15.0. The Morgan fingerprint density at radius 2 is 1.95 bits per heavy atom. The van der Waals surface area contributed by atoms with E-state index in [1.807, 2.05) is 6.07 Å². The van der Waals surface area contributed by atoms with Crippen molar-refractivity contribution in [3.05, 3.63) is 35.9 Å². The predicted molar refractivity (Wildman–Crippen MR) is 78.8 cm³/mol. The number of rotatable bonds is 5. The van der Waals surface area contributed by atoms with Crippen LogP contribution in [0.4, 0.5) is 0 Å². The van der Waals surface area contributed by atoms with Crippen LogP contribution >= 0.6 is 0 Å². The van der Waals surface area contributed by atoms with Gasteiger partial charge in [-0.05, 0) is 37.4 Å². The first-order chi connectivity index (χ1) is 9.69. The second kappa shape index (κ2) is 7.41. The molecule has 20 heavy (non-hydrogen) atoms. The van der Waals surface area contributed by atoms with Crippen molar-refractivity contribution in [3.8, 4) is 0 Å². The molecule has 1 aromatic rings. The van der Waals surface area contributed by atoms with Crippen LogP contribution in [0.3, 0.4) is 0 Å². The van der Waals surface area contributed by atoms with Gasteiger partial charge in [-0.25, -0.2) is 5.06 Å². The van der Waals surface area contributed by atoms with Crippen LogP contribution in [0.5, 0.6) is 0 Å². The molecule has 0 aliphatic carbocycles. The van der Waals surface area contributed by atoms with Gasteiger partial charge in [0.05, 0.1) is 7.11 Å².